The second-order valence-electron chi connectivity index (χ2n) is 7.92. The molecule has 3 aromatic carbocycles. The van der Waals surface area contributed by atoms with Crippen molar-refractivity contribution < 1.29 is 45.1 Å². The molecule has 0 spiro atoms. The molecule has 3 aromatic rings. The van der Waals surface area contributed by atoms with E-state index in [0.29, 0.717) is 12.1 Å². The largest absolute Gasteiger partial charge is 0.430 e. The van der Waals surface area contributed by atoms with Gasteiger partial charge < -0.3 is 15.4 Å². The first-order chi connectivity index (χ1) is 18.1. The standard InChI is InChI=1S/C25H17F7I2N2O3/c1-2-39-23(24(27,28)29,25(30,31)32)15-11-18(33)20(19(34)12-15)36-22(38)14-6-4-8-17(10-14)35-21(37)13-5-3-7-16(26)9-13/h3-12H,2H2,1H3,(H,35,37)(H,36,38). The van der Waals surface area contributed by atoms with E-state index >= 15 is 0 Å². The molecule has 0 aromatic heterocycles. The highest BCUT2D eigenvalue weighted by atomic mass is 127. The van der Waals surface area contributed by atoms with Crippen molar-refractivity contribution in [1.29, 1.82) is 0 Å². The number of benzene rings is 3. The summed E-state index contributed by atoms with van der Waals surface area (Å²) in [5.41, 5.74) is -5.52. The monoisotopic (exact) mass is 780 g/mol. The summed E-state index contributed by atoms with van der Waals surface area (Å²) in [6.45, 7) is 0.155. The Morgan fingerprint density at radius 2 is 1.31 bits per heavy atom. The van der Waals surface area contributed by atoms with Gasteiger partial charge in [-0.15, -0.1) is 0 Å². The van der Waals surface area contributed by atoms with Crippen molar-refractivity contribution >= 4 is 68.4 Å². The number of rotatable bonds is 7. The number of hydrogen-bond acceptors (Lipinski definition) is 3. The first-order valence-electron chi connectivity index (χ1n) is 10.9. The molecule has 3 rings (SSSR count). The average molecular weight is 780 g/mol. The van der Waals surface area contributed by atoms with Gasteiger partial charge in [0.05, 0.1) is 5.69 Å². The van der Waals surface area contributed by atoms with Crippen LogP contribution in [0.1, 0.15) is 33.2 Å². The van der Waals surface area contributed by atoms with Gasteiger partial charge >= 0.3 is 12.4 Å². The zero-order chi connectivity index (χ0) is 29.2. The maximum absolute atomic E-state index is 13.8. The molecule has 14 heteroatoms. The predicted molar refractivity (Wildman–Crippen MR) is 146 cm³/mol. The lowest BCUT2D eigenvalue weighted by molar-refractivity contribution is -0.388. The average Bonchev–Trinajstić information content (AvgIpc) is 2.83. The van der Waals surface area contributed by atoms with E-state index in [4.69, 9.17) is 0 Å². The van der Waals surface area contributed by atoms with Gasteiger partial charge in [0.1, 0.15) is 5.82 Å². The third-order valence-corrected chi connectivity index (χ3v) is 7.02. The second-order valence-corrected chi connectivity index (χ2v) is 10.2. The summed E-state index contributed by atoms with van der Waals surface area (Å²) in [5.74, 6) is -2.00. The first kappa shape index (κ1) is 31.1. The number of alkyl halides is 6. The Morgan fingerprint density at radius 1 is 0.795 bits per heavy atom. The second kappa shape index (κ2) is 12.0. The van der Waals surface area contributed by atoms with E-state index in [0.717, 1.165) is 13.0 Å². The molecule has 39 heavy (non-hydrogen) atoms. The smallest absolute Gasteiger partial charge is 0.354 e. The number of carbonyl (C=O) groups excluding carboxylic acids is 2. The number of halogens is 9. The molecule has 0 fully saturated rings. The minimum Gasteiger partial charge on any atom is -0.354 e. The van der Waals surface area contributed by atoms with Crippen LogP contribution in [0.2, 0.25) is 0 Å². The van der Waals surface area contributed by atoms with E-state index in [2.05, 4.69) is 15.4 Å². The molecule has 5 nitrogen and oxygen atoms in total. The van der Waals surface area contributed by atoms with E-state index in [1.807, 2.05) is 0 Å². The predicted octanol–water partition coefficient (Wildman–Crippen LogP) is 7.90. The van der Waals surface area contributed by atoms with Crippen LogP contribution in [0.3, 0.4) is 0 Å². The summed E-state index contributed by atoms with van der Waals surface area (Å²) >= 11 is 3.05. The molecule has 0 atom stereocenters. The summed E-state index contributed by atoms with van der Waals surface area (Å²) in [6.07, 6.45) is -11.6. The maximum Gasteiger partial charge on any atom is 0.430 e. The molecule has 0 heterocycles. The lowest BCUT2D eigenvalue weighted by Gasteiger charge is -2.37. The molecule has 0 saturated carbocycles. The van der Waals surface area contributed by atoms with Crippen molar-refractivity contribution in [3.63, 3.8) is 0 Å². The van der Waals surface area contributed by atoms with Crippen LogP contribution in [-0.4, -0.2) is 30.8 Å². The first-order valence-corrected chi connectivity index (χ1v) is 13.0. The Kier molecular flexibility index (Phi) is 9.52. The van der Waals surface area contributed by atoms with Crippen molar-refractivity contribution in [1.82, 2.24) is 0 Å². The lowest BCUT2D eigenvalue weighted by Crippen LogP contribution is -2.56. The van der Waals surface area contributed by atoms with Gasteiger partial charge in [-0.2, -0.15) is 26.3 Å². The van der Waals surface area contributed by atoms with Crippen LogP contribution < -0.4 is 10.6 Å². The number of ether oxygens (including phenoxy) is 1. The minimum absolute atomic E-state index is 0.0195. The van der Waals surface area contributed by atoms with Gasteiger partial charge in [-0.25, -0.2) is 4.39 Å². The number of hydrogen-bond donors (Lipinski definition) is 2. The van der Waals surface area contributed by atoms with Crippen molar-refractivity contribution in [3.8, 4) is 0 Å². The summed E-state index contributed by atoms with van der Waals surface area (Å²) in [5, 5.41) is 5.00. The van der Waals surface area contributed by atoms with Crippen LogP contribution in [0.25, 0.3) is 0 Å². The minimum atomic E-state index is -5.82. The zero-order valence-corrected chi connectivity index (χ0v) is 23.9. The Labute approximate surface area is 244 Å². The van der Waals surface area contributed by atoms with Crippen molar-refractivity contribution in [2.75, 3.05) is 17.2 Å². The molecule has 208 valence electrons. The van der Waals surface area contributed by atoms with Crippen molar-refractivity contribution in [2.24, 2.45) is 0 Å². The van der Waals surface area contributed by atoms with E-state index in [-0.39, 0.29) is 29.6 Å². The van der Waals surface area contributed by atoms with Gasteiger partial charge in [0.15, 0.2) is 0 Å². The number of nitrogens with one attached hydrogen (secondary N) is 2. The van der Waals surface area contributed by atoms with Crippen LogP contribution in [0.5, 0.6) is 0 Å². The quantitative estimate of drug-likeness (QED) is 0.190. The summed E-state index contributed by atoms with van der Waals surface area (Å²) in [6, 6.07) is 11.8. The molecule has 0 bridgehead atoms. The Balaban J connectivity index is 1.90. The van der Waals surface area contributed by atoms with E-state index in [1.165, 1.54) is 87.6 Å². The van der Waals surface area contributed by atoms with E-state index in [1.54, 1.807) is 0 Å². The molecular formula is C25H17F7I2N2O3. The molecule has 2 amide bonds. The molecular weight excluding hydrogens is 763 g/mol. The molecule has 0 unspecified atom stereocenters. The molecule has 0 aliphatic carbocycles. The topological polar surface area (TPSA) is 67.4 Å². The van der Waals surface area contributed by atoms with Crippen LogP contribution in [0, 0.1) is 13.0 Å². The molecule has 0 saturated heterocycles. The highest BCUT2D eigenvalue weighted by molar-refractivity contribution is 14.1. The van der Waals surface area contributed by atoms with Crippen LogP contribution >= 0.6 is 45.2 Å². The molecule has 0 aliphatic rings. The Morgan fingerprint density at radius 3 is 1.82 bits per heavy atom. The highest BCUT2D eigenvalue weighted by Gasteiger charge is 2.73. The number of carbonyl (C=O) groups is 2. The molecule has 2 N–H and O–H groups in total. The SMILES string of the molecule is CCOC(c1cc(I)c(NC(=O)c2cccc(NC(=O)c3cccc(F)c3)c2)c(I)c1)(C(F)(F)F)C(F)(F)F. The number of amides is 2. The van der Waals surface area contributed by atoms with Crippen LogP contribution in [0.15, 0.2) is 60.7 Å². The van der Waals surface area contributed by atoms with Crippen molar-refractivity contribution in [2.45, 2.75) is 24.9 Å². The van der Waals surface area contributed by atoms with Gasteiger partial charge in [0.2, 0.25) is 0 Å². The molecule has 0 radical (unpaired) electrons. The molecule has 0 aliphatic heterocycles. The van der Waals surface area contributed by atoms with E-state index in [9.17, 15) is 40.3 Å². The summed E-state index contributed by atoms with van der Waals surface area (Å²) in [7, 11) is 0. The maximum atomic E-state index is 13.8. The van der Waals surface area contributed by atoms with Crippen molar-refractivity contribution in [3.05, 3.63) is 90.3 Å². The fourth-order valence-electron chi connectivity index (χ4n) is 3.60. The third kappa shape index (κ3) is 6.65. The van der Waals surface area contributed by atoms with Gasteiger partial charge in [-0.05, 0) is 101 Å². The van der Waals surface area contributed by atoms with Gasteiger partial charge in [0.25, 0.3) is 17.4 Å². The lowest BCUT2D eigenvalue weighted by atomic mass is 9.91. The summed E-state index contributed by atoms with van der Waals surface area (Å²) < 4.78 is 100. The van der Waals surface area contributed by atoms with E-state index < -0.39 is 47.8 Å². The van der Waals surface area contributed by atoms with Crippen LogP contribution in [-0.2, 0) is 10.3 Å². The number of anilines is 2. The Hall–Kier alpha value is -2.47. The van der Waals surface area contributed by atoms with Gasteiger partial charge in [0, 0.05) is 36.1 Å². The fourth-order valence-corrected chi connectivity index (χ4v) is 5.64. The van der Waals surface area contributed by atoms with Gasteiger partial charge in [-0.1, -0.05) is 12.1 Å². The summed E-state index contributed by atoms with van der Waals surface area (Å²) in [4.78, 5) is 25.3. The van der Waals surface area contributed by atoms with Crippen LogP contribution in [0.4, 0.5) is 42.1 Å². The zero-order valence-electron chi connectivity index (χ0n) is 19.6. The normalized spacial score (nSPS) is 12.3. The van der Waals surface area contributed by atoms with Gasteiger partial charge in [-0.3, -0.25) is 9.59 Å². The Bertz CT molecular complexity index is 1360. The highest BCUT2D eigenvalue weighted by Crippen LogP contribution is 2.53. The fraction of sp³-hybridized carbons (Fsp3) is 0.200. The third-order valence-electron chi connectivity index (χ3n) is 5.32.